The van der Waals surface area contributed by atoms with Crippen LogP contribution in [0.5, 0.6) is 0 Å². The van der Waals surface area contributed by atoms with Crippen LogP contribution >= 0.6 is 0 Å². The van der Waals surface area contributed by atoms with Crippen LogP contribution in [0, 0.1) is 0 Å². The minimum Gasteiger partial charge on any atom is -0.388 e. The Morgan fingerprint density at radius 3 is 2.75 bits per heavy atom. The quantitative estimate of drug-likeness (QED) is 0.455. The largest absolute Gasteiger partial charge is 0.388 e. The second-order valence-corrected chi connectivity index (χ2v) is 3.01. The third-order valence-corrected chi connectivity index (χ3v) is 1.36. The summed E-state index contributed by atoms with van der Waals surface area (Å²) in [4.78, 5) is 0. The third kappa shape index (κ3) is 7.72. The summed E-state index contributed by atoms with van der Waals surface area (Å²) in [5.41, 5.74) is 1.14. The van der Waals surface area contributed by atoms with Crippen molar-refractivity contribution in [3.8, 4) is 0 Å². The Kier molecular flexibility index (Phi) is 7.05. The van der Waals surface area contributed by atoms with Gasteiger partial charge in [-0.05, 0) is 13.8 Å². The van der Waals surface area contributed by atoms with Gasteiger partial charge < -0.3 is 15.2 Å². The minimum atomic E-state index is -0.383. The molecule has 1 atom stereocenters. The van der Waals surface area contributed by atoms with E-state index in [0.717, 1.165) is 12.1 Å². The molecule has 0 bridgehead atoms. The SMILES string of the molecule is COCCNCC(O)C=C(C)C. The predicted molar refractivity (Wildman–Crippen MR) is 50.2 cm³/mol. The maximum Gasteiger partial charge on any atom is 0.0847 e. The lowest BCUT2D eigenvalue weighted by Crippen LogP contribution is -2.28. The van der Waals surface area contributed by atoms with E-state index < -0.39 is 0 Å². The standard InChI is InChI=1S/C9H19NO2/c1-8(2)6-9(11)7-10-4-5-12-3/h6,9-11H,4-5,7H2,1-3H3. The molecule has 0 amide bonds. The number of hydrogen-bond donors (Lipinski definition) is 2. The highest BCUT2D eigenvalue weighted by atomic mass is 16.5. The lowest BCUT2D eigenvalue weighted by molar-refractivity contribution is 0.184. The lowest BCUT2D eigenvalue weighted by atomic mass is 10.2. The van der Waals surface area contributed by atoms with E-state index in [4.69, 9.17) is 4.74 Å². The van der Waals surface area contributed by atoms with Crippen LogP contribution in [0.25, 0.3) is 0 Å². The smallest absolute Gasteiger partial charge is 0.0847 e. The number of ether oxygens (including phenoxy) is 1. The molecule has 0 aliphatic heterocycles. The van der Waals surface area contributed by atoms with Gasteiger partial charge in [-0.1, -0.05) is 11.6 Å². The average molecular weight is 173 g/mol. The molecule has 3 nitrogen and oxygen atoms in total. The first-order chi connectivity index (χ1) is 5.66. The molecule has 12 heavy (non-hydrogen) atoms. The molecule has 72 valence electrons. The summed E-state index contributed by atoms with van der Waals surface area (Å²) in [7, 11) is 1.66. The normalized spacial score (nSPS) is 12.7. The molecule has 0 spiro atoms. The Bertz CT molecular complexity index is 130. The van der Waals surface area contributed by atoms with Gasteiger partial charge in [0.15, 0.2) is 0 Å². The van der Waals surface area contributed by atoms with Gasteiger partial charge in [-0.15, -0.1) is 0 Å². The van der Waals surface area contributed by atoms with Crippen molar-refractivity contribution in [2.24, 2.45) is 0 Å². The van der Waals surface area contributed by atoms with E-state index in [2.05, 4.69) is 5.32 Å². The van der Waals surface area contributed by atoms with Crippen LogP contribution in [0.4, 0.5) is 0 Å². The zero-order valence-electron chi connectivity index (χ0n) is 8.13. The molecule has 0 fully saturated rings. The van der Waals surface area contributed by atoms with Crippen molar-refractivity contribution < 1.29 is 9.84 Å². The van der Waals surface area contributed by atoms with Gasteiger partial charge >= 0.3 is 0 Å². The van der Waals surface area contributed by atoms with Crippen molar-refractivity contribution in [3.63, 3.8) is 0 Å². The van der Waals surface area contributed by atoms with Crippen LogP contribution in [0.15, 0.2) is 11.6 Å². The van der Waals surface area contributed by atoms with Crippen molar-refractivity contribution in [3.05, 3.63) is 11.6 Å². The topological polar surface area (TPSA) is 41.5 Å². The van der Waals surface area contributed by atoms with Crippen LogP contribution < -0.4 is 5.32 Å². The number of allylic oxidation sites excluding steroid dienone is 1. The van der Waals surface area contributed by atoms with Gasteiger partial charge in [0, 0.05) is 20.2 Å². The van der Waals surface area contributed by atoms with Crippen LogP contribution in [-0.2, 0) is 4.74 Å². The summed E-state index contributed by atoms with van der Waals surface area (Å²) >= 11 is 0. The van der Waals surface area contributed by atoms with Crippen molar-refractivity contribution in [2.75, 3.05) is 26.8 Å². The molecule has 0 aromatic heterocycles. The maximum atomic E-state index is 9.34. The monoisotopic (exact) mass is 173 g/mol. The highest BCUT2D eigenvalue weighted by Gasteiger charge is 1.97. The molecule has 0 saturated heterocycles. The van der Waals surface area contributed by atoms with Gasteiger partial charge in [0.2, 0.25) is 0 Å². The predicted octanol–water partition coefficient (Wildman–Crippen LogP) is 0.549. The number of aliphatic hydroxyl groups excluding tert-OH is 1. The molecule has 0 aromatic carbocycles. The average Bonchev–Trinajstić information content (AvgIpc) is 1.97. The van der Waals surface area contributed by atoms with Crippen LogP contribution in [0.3, 0.4) is 0 Å². The second kappa shape index (κ2) is 7.28. The number of methoxy groups -OCH3 is 1. The number of rotatable bonds is 6. The zero-order valence-corrected chi connectivity index (χ0v) is 8.13. The highest BCUT2D eigenvalue weighted by Crippen LogP contribution is 1.92. The summed E-state index contributed by atoms with van der Waals surface area (Å²) in [5.74, 6) is 0. The van der Waals surface area contributed by atoms with Crippen molar-refractivity contribution in [1.29, 1.82) is 0 Å². The zero-order chi connectivity index (χ0) is 9.40. The summed E-state index contributed by atoms with van der Waals surface area (Å²) in [6.45, 7) is 6.00. The van der Waals surface area contributed by atoms with Crippen molar-refractivity contribution >= 4 is 0 Å². The molecule has 0 radical (unpaired) electrons. The fourth-order valence-electron chi connectivity index (χ4n) is 0.868. The van der Waals surface area contributed by atoms with E-state index >= 15 is 0 Å². The van der Waals surface area contributed by atoms with E-state index in [9.17, 15) is 5.11 Å². The molecular formula is C9H19NO2. The number of aliphatic hydroxyl groups is 1. The second-order valence-electron chi connectivity index (χ2n) is 3.01. The van der Waals surface area contributed by atoms with Gasteiger partial charge in [-0.2, -0.15) is 0 Å². The summed E-state index contributed by atoms with van der Waals surface area (Å²) in [5, 5.41) is 12.4. The molecule has 0 aromatic rings. The van der Waals surface area contributed by atoms with Gasteiger partial charge in [0.25, 0.3) is 0 Å². The third-order valence-electron chi connectivity index (χ3n) is 1.36. The summed E-state index contributed by atoms with van der Waals surface area (Å²) in [6.07, 6.45) is 1.45. The van der Waals surface area contributed by atoms with Gasteiger partial charge in [-0.25, -0.2) is 0 Å². The first-order valence-electron chi connectivity index (χ1n) is 4.19. The Balaban J connectivity index is 3.32. The molecule has 3 heteroatoms. The fraction of sp³-hybridized carbons (Fsp3) is 0.778. The van der Waals surface area contributed by atoms with Crippen LogP contribution in [0.2, 0.25) is 0 Å². The van der Waals surface area contributed by atoms with Crippen LogP contribution in [-0.4, -0.2) is 38.0 Å². The molecule has 0 aliphatic carbocycles. The van der Waals surface area contributed by atoms with E-state index in [0.29, 0.717) is 13.2 Å². The first-order valence-corrected chi connectivity index (χ1v) is 4.19. The van der Waals surface area contributed by atoms with Gasteiger partial charge in [0.05, 0.1) is 12.7 Å². The molecule has 0 saturated carbocycles. The van der Waals surface area contributed by atoms with E-state index in [1.54, 1.807) is 7.11 Å². The van der Waals surface area contributed by atoms with E-state index in [1.165, 1.54) is 0 Å². The fourth-order valence-corrected chi connectivity index (χ4v) is 0.868. The highest BCUT2D eigenvalue weighted by molar-refractivity contribution is 4.98. The van der Waals surface area contributed by atoms with E-state index in [1.807, 2.05) is 19.9 Å². The minimum absolute atomic E-state index is 0.383. The van der Waals surface area contributed by atoms with Gasteiger partial charge in [0.1, 0.15) is 0 Å². The van der Waals surface area contributed by atoms with Crippen molar-refractivity contribution in [1.82, 2.24) is 5.32 Å². The van der Waals surface area contributed by atoms with Crippen LogP contribution in [0.1, 0.15) is 13.8 Å². The Labute approximate surface area is 74.4 Å². The molecule has 2 N–H and O–H groups in total. The Hall–Kier alpha value is -0.380. The van der Waals surface area contributed by atoms with Gasteiger partial charge in [-0.3, -0.25) is 0 Å². The maximum absolute atomic E-state index is 9.34. The molecule has 0 heterocycles. The molecular weight excluding hydrogens is 154 g/mol. The first kappa shape index (κ1) is 11.6. The molecule has 0 rings (SSSR count). The molecule has 1 unspecified atom stereocenters. The van der Waals surface area contributed by atoms with Crippen molar-refractivity contribution in [2.45, 2.75) is 20.0 Å². The Morgan fingerprint density at radius 2 is 2.25 bits per heavy atom. The van der Waals surface area contributed by atoms with E-state index in [-0.39, 0.29) is 6.10 Å². The number of hydrogen-bond acceptors (Lipinski definition) is 3. The molecule has 0 aliphatic rings. The Morgan fingerprint density at radius 1 is 1.58 bits per heavy atom. The summed E-state index contributed by atoms with van der Waals surface area (Å²) < 4.78 is 4.85. The lowest BCUT2D eigenvalue weighted by Gasteiger charge is -2.07. The number of nitrogens with one attached hydrogen (secondary N) is 1. The summed E-state index contributed by atoms with van der Waals surface area (Å²) in [6, 6.07) is 0.